The van der Waals surface area contributed by atoms with Crippen molar-refractivity contribution in [3.05, 3.63) is 54.1 Å². The van der Waals surface area contributed by atoms with Crippen molar-refractivity contribution in [2.24, 2.45) is 0 Å². The van der Waals surface area contributed by atoms with Crippen LogP contribution >= 0.6 is 0 Å². The highest BCUT2D eigenvalue weighted by Crippen LogP contribution is 2.10. The molecule has 2 N–H and O–H groups in total. The second-order valence-corrected chi connectivity index (χ2v) is 3.98. The van der Waals surface area contributed by atoms with Crippen LogP contribution in [0.4, 0.5) is 4.39 Å². The highest BCUT2D eigenvalue weighted by Gasteiger charge is 2.18. The summed E-state index contributed by atoms with van der Waals surface area (Å²) in [7, 11) is -1.76. The molecule has 1 aromatic heterocycles. The number of benzene rings is 1. The second-order valence-electron chi connectivity index (χ2n) is 3.98. The third kappa shape index (κ3) is 3.77. The third-order valence-corrected chi connectivity index (χ3v) is 2.59. The molecule has 2 aromatic rings. The Morgan fingerprint density at radius 3 is 2.74 bits per heavy atom. The maximum atomic E-state index is 13.0. The zero-order valence-corrected chi connectivity index (χ0v) is 10.2. The first-order valence-electron chi connectivity index (χ1n) is 5.85. The fraction of sp³-hybridized carbons (Fsp3) is 0.154. The lowest BCUT2D eigenvalue weighted by Gasteiger charge is -2.11. The van der Waals surface area contributed by atoms with Gasteiger partial charge in [0, 0.05) is 23.8 Å². The van der Waals surface area contributed by atoms with E-state index in [4.69, 9.17) is 14.8 Å². The van der Waals surface area contributed by atoms with E-state index in [0.29, 0.717) is 13.0 Å². The van der Waals surface area contributed by atoms with E-state index in [1.54, 1.807) is 6.20 Å². The Hall–Kier alpha value is -1.92. The zero-order chi connectivity index (χ0) is 13.7. The highest BCUT2D eigenvalue weighted by atomic mass is 19.1. The van der Waals surface area contributed by atoms with E-state index < -0.39 is 12.9 Å². The van der Waals surface area contributed by atoms with Gasteiger partial charge in [0.2, 0.25) is 0 Å². The smallest absolute Gasteiger partial charge is 0.492 e. The molecule has 0 amide bonds. The fourth-order valence-corrected chi connectivity index (χ4v) is 1.66. The van der Waals surface area contributed by atoms with Crippen LogP contribution in [0.2, 0.25) is 0 Å². The van der Waals surface area contributed by atoms with Crippen molar-refractivity contribution in [2.75, 3.05) is 6.61 Å². The van der Waals surface area contributed by atoms with Crippen molar-refractivity contribution in [1.82, 2.24) is 4.98 Å². The highest BCUT2D eigenvalue weighted by molar-refractivity contribution is 6.59. The van der Waals surface area contributed by atoms with Gasteiger partial charge in [0.05, 0.1) is 6.61 Å². The molecule has 0 aliphatic carbocycles. The summed E-state index contributed by atoms with van der Waals surface area (Å²) in [6, 6.07) is 9.20. The Morgan fingerprint density at radius 2 is 2.05 bits per heavy atom. The summed E-state index contributed by atoms with van der Waals surface area (Å²) in [5.41, 5.74) is 0.886. The molecule has 98 valence electrons. The largest absolute Gasteiger partial charge is 0.494 e. The van der Waals surface area contributed by atoms with E-state index >= 15 is 0 Å². The van der Waals surface area contributed by atoms with Crippen molar-refractivity contribution >= 4 is 12.6 Å². The van der Waals surface area contributed by atoms with Gasteiger partial charge in [-0.1, -0.05) is 6.07 Å². The Balaban J connectivity index is 2.00. The molecule has 0 atom stereocenters. The molecule has 0 radical (unpaired) electrons. The van der Waals surface area contributed by atoms with E-state index in [9.17, 15) is 4.39 Å². The number of hydrogen-bond donors (Lipinski definition) is 2. The summed E-state index contributed by atoms with van der Waals surface area (Å²) in [5.74, 6) is -0.285. The lowest BCUT2D eigenvalue weighted by atomic mass is 9.79. The Kier molecular flexibility index (Phi) is 4.49. The van der Waals surface area contributed by atoms with E-state index in [1.807, 2.05) is 18.2 Å². The summed E-state index contributed by atoms with van der Waals surface area (Å²) < 4.78 is 18.4. The first-order valence-corrected chi connectivity index (χ1v) is 5.85. The van der Waals surface area contributed by atoms with Crippen LogP contribution in [0.15, 0.2) is 42.6 Å². The van der Waals surface area contributed by atoms with Gasteiger partial charge >= 0.3 is 7.12 Å². The number of nitrogens with zero attached hydrogens (tertiary/aromatic N) is 1. The maximum Gasteiger partial charge on any atom is 0.492 e. The molecule has 0 saturated heterocycles. The number of ether oxygens (including phenoxy) is 1. The van der Waals surface area contributed by atoms with Gasteiger partial charge in [-0.2, -0.15) is 0 Å². The third-order valence-electron chi connectivity index (χ3n) is 2.59. The van der Waals surface area contributed by atoms with E-state index in [-0.39, 0.29) is 11.2 Å². The summed E-state index contributed by atoms with van der Waals surface area (Å²) in [5, 5.41) is 18.3. The van der Waals surface area contributed by atoms with Gasteiger partial charge in [-0.05, 0) is 30.3 Å². The molecule has 0 spiro atoms. The molecule has 19 heavy (non-hydrogen) atoms. The van der Waals surface area contributed by atoms with Gasteiger partial charge in [0.15, 0.2) is 0 Å². The SMILES string of the molecule is OB(O)c1cc(F)ccc1OCCc1ccccn1. The second kappa shape index (κ2) is 6.31. The lowest BCUT2D eigenvalue weighted by molar-refractivity contribution is 0.320. The Labute approximate surface area is 110 Å². The minimum atomic E-state index is -1.76. The molecular formula is C13H13BFNO3. The molecule has 0 saturated carbocycles. The number of rotatable bonds is 5. The van der Waals surface area contributed by atoms with Gasteiger partial charge in [-0.25, -0.2) is 4.39 Å². The normalized spacial score (nSPS) is 10.3. The molecule has 1 aromatic carbocycles. The summed E-state index contributed by atoms with van der Waals surface area (Å²) in [6.45, 7) is 0.322. The molecular weight excluding hydrogens is 248 g/mol. The number of halogens is 1. The Bertz CT molecular complexity index is 537. The monoisotopic (exact) mass is 261 g/mol. The predicted octanol–water partition coefficient (Wildman–Crippen LogP) is 0.522. The van der Waals surface area contributed by atoms with Crippen LogP contribution < -0.4 is 10.2 Å². The number of aromatic nitrogens is 1. The summed E-state index contributed by atoms with van der Waals surface area (Å²) in [4.78, 5) is 4.14. The van der Waals surface area contributed by atoms with Gasteiger partial charge in [0.1, 0.15) is 11.6 Å². The van der Waals surface area contributed by atoms with Crippen LogP contribution in [0.3, 0.4) is 0 Å². The van der Waals surface area contributed by atoms with Crippen LogP contribution in [0.1, 0.15) is 5.69 Å². The quantitative estimate of drug-likeness (QED) is 0.770. The molecule has 0 fully saturated rings. The summed E-state index contributed by atoms with van der Waals surface area (Å²) in [6.07, 6.45) is 2.27. The van der Waals surface area contributed by atoms with Crippen molar-refractivity contribution in [3.63, 3.8) is 0 Å². The van der Waals surface area contributed by atoms with Crippen LogP contribution in [0, 0.1) is 5.82 Å². The van der Waals surface area contributed by atoms with Crippen molar-refractivity contribution in [3.8, 4) is 5.75 Å². The van der Waals surface area contributed by atoms with Gasteiger partial charge in [-0.15, -0.1) is 0 Å². The fourth-order valence-electron chi connectivity index (χ4n) is 1.66. The average Bonchev–Trinajstić information content (AvgIpc) is 2.41. The molecule has 4 nitrogen and oxygen atoms in total. The van der Waals surface area contributed by atoms with Crippen LogP contribution in [-0.2, 0) is 6.42 Å². The molecule has 1 heterocycles. The molecule has 2 rings (SSSR count). The van der Waals surface area contributed by atoms with Gasteiger partial charge in [-0.3, -0.25) is 4.98 Å². The van der Waals surface area contributed by atoms with Crippen LogP contribution in [0.5, 0.6) is 5.75 Å². The minimum Gasteiger partial charge on any atom is -0.494 e. The number of hydrogen-bond acceptors (Lipinski definition) is 4. The first-order chi connectivity index (χ1) is 9.16. The van der Waals surface area contributed by atoms with Gasteiger partial charge < -0.3 is 14.8 Å². The summed E-state index contributed by atoms with van der Waals surface area (Å²) >= 11 is 0. The van der Waals surface area contributed by atoms with Crippen molar-refractivity contribution in [2.45, 2.75) is 6.42 Å². The van der Waals surface area contributed by atoms with E-state index in [1.165, 1.54) is 12.1 Å². The van der Waals surface area contributed by atoms with E-state index in [0.717, 1.165) is 11.8 Å². The molecule has 6 heteroatoms. The topological polar surface area (TPSA) is 62.6 Å². The molecule has 0 bridgehead atoms. The van der Waals surface area contributed by atoms with Crippen molar-refractivity contribution < 1.29 is 19.2 Å². The Morgan fingerprint density at radius 1 is 1.21 bits per heavy atom. The maximum absolute atomic E-state index is 13.0. The standard InChI is InChI=1S/C13H13BFNO3/c15-10-4-5-13(12(9-10)14(17)18)19-8-6-11-3-1-2-7-16-11/h1-5,7,9,17-18H,6,8H2. The van der Waals surface area contributed by atoms with Crippen molar-refractivity contribution in [1.29, 1.82) is 0 Å². The molecule has 0 unspecified atom stereocenters. The number of pyridine rings is 1. The van der Waals surface area contributed by atoms with Gasteiger partial charge in [0.25, 0.3) is 0 Å². The molecule has 0 aliphatic heterocycles. The van der Waals surface area contributed by atoms with Crippen LogP contribution in [-0.4, -0.2) is 28.8 Å². The first kappa shape index (κ1) is 13.5. The lowest BCUT2D eigenvalue weighted by Crippen LogP contribution is -2.32. The molecule has 0 aliphatic rings. The average molecular weight is 261 g/mol. The van der Waals surface area contributed by atoms with Crippen LogP contribution in [0.25, 0.3) is 0 Å². The minimum absolute atomic E-state index is 0.0148. The predicted molar refractivity (Wildman–Crippen MR) is 69.7 cm³/mol. The van der Waals surface area contributed by atoms with E-state index in [2.05, 4.69) is 4.98 Å². The zero-order valence-electron chi connectivity index (χ0n) is 10.2.